The Morgan fingerprint density at radius 2 is 1.43 bits per heavy atom. The first-order valence-corrected chi connectivity index (χ1v) is 20.6. The summed E-state index contributed by atoms with van der Waals surface area (Å²) in [6.07, 6.45) is -10.8. The number of fused-ring (bicyclic) bond motifs is 5. The number of carbonyl (C=O) groups is 2. The van der Waals surface area contributed by atoms with Crippen LogP contribution in [-0.4, -0.2) is 161 Å². The fourth-order valence-corrected chi connectivity index (χ4v) is 12.0. The van der Waals surface area contributed by atoms with Gasteiger partial charge in [-0.3, -0.25) is 9.59 Å². The van der Waals surface area contributed by atoms with Crippen LogP contribution in [0.1, 0.15) is 87.5 Å². The number of aliphatic hydroxyl groups is 10. The molecule has 58 heavy (non-hydrogen) atoms. The lowest BCUT2D eigenvalue weighted by molar-refractivity contribution is -0.340. The second-order valence-electron chi connectivity index (χ2n) is 19.9. The van der Waals surface area contributed by atoms with Crippen LogP contribution in [0.2, 0.25) is 0 Å². The van der Waals surface area contributed by atoms with Crippen LogP contribution >= 0.6 is 0 Å². The topological polar surface area (TPSA) is 273 Å². The number of ether oxygens (including phenoxy) is 4. The number of carbonyl (C=O) groups excluding carboxylic acids is 2. The fourth-order valence-electron chi connectivity index (χ4n) is 12.0. The average molecular weight is 827 g/mol. The van der Waals surface area contributed by atoms with Crippen molar-refractivity contribution in [3.63, 3.8) is 0 Å². The van der Waals surface area contributed by atoms with Crippen molar-refractivity contribution < 1.29 is 79.6 Å². The van der Waals surface area contributed by atoms with Crippen molar-refractivity contribution in [2.24, 2.45) is 39.4 Å². The molecule has 0 aromatic heterocycles. The number of hydrogen-bond donors (Lipinski definition) is 10. The quantitative estimate of drug-likeness (QED) is 0.0973. The van der Waals surface area contributed by atoms with E-state index in [0.717, 1.165) is 11.6 Å². The zero-order valence-corrected chi connectivity index (χ0v) is 34.8. The lowest BCUT2D eigenvalue weighted by Crippen LogP contribution is -2.65. The summed E-state index contributed by atoms with van der Waals surface area (Å²) in [5.41, 5.74) is -5.51. The Hall–Kier alpha value is -1.74. The molecule has 0 unspecified atom stereocenters. The molecule has 0 radical (unpaired) electrons. The van der Waals surface area contributed by atoms with Crippen molar-refractivity contribution >= 4 is 11.6 Å². The van der Waals surface area contributed by atoms with Gasteiger partial charge in [0, 0.05) is 23.2 Å². The SMILES string of the molecule is CC(C)(O)/C=C/C(=O)[C@](C)(O)[C@H]1[C@H](O)C[C@@]2(C)[C@@H]3CC=C4[C@@H](CC[C@H](O[C@@H]5O[C@H](CO[C@@H]6O[C@H](CO)[C@@H](O)[C@H](O)[C@H]6O)[C@@H](O)[C@H](O)[C@H]5O)C4(C)C)[C@]3(C)C(=O)C[C@]12C. The van der Waals surface area contributed by atoms with Crippen molar-refractivity contribution in [2.45, 2.75) is 172 Å². The average Bonchev–Trinajstić information content (AvgIpc) is 3.34. The molecule has 5 fully saturated rings. The molecule has 0 bridgehead atoms. The third-order valence-electron chi connectivity index (χ3n) is 15.6. The molecule has 6 aliphatic rings. The molecule has 3 saturated carbocycles. The Morgan fingerprint density at radius 1 is 0.845 bits per heavy atom. The number of rotatable bonds is 10. The molecule has 16 heteroatoms. The molecule has 0 amide bonds. The van der Waals surface area contributed by atoms with Crippen molar-refractivity contribution in [1.82, 2.24) is 0 Å². The van der Waals surface area contributed by atoms with E-state index in [1.165, 1.54) is 26.8 Å². The third kappa shape index (κ3) is 7.20. The lowest BCUT2D eigenvalue weighted by atomic mass is 9.38. The van der Waals surface area contributed by atoms with Gasteiger partial charge in [-0.05, 0) is 75.2 Å². The predicted octanol–water partition coefficient (Wildman–Crippen LogP) is -0.602. The zero-order chi connectivity index (χ0) is 43.3. The first kappa shape index (κ1) is 45.8. The van der Waals surface area contributed by atoms with E-state index in [0.29, 0.717) is 19.3 Å². The number of aliphatic hydroxyl groups excluding tert-OH is 8. The van der Waals surface area contributed by atoms with Crippen LogP contribution in [0.25, 0.3) is 0 Å². The minimum Gasteiger partial charge on any atom is -0.394 e. The second-order valence-corrected chi connectivity index (χ2v) is 19.9. The first-order chi connectivity index (χ1) is 26.7. The molecule has 16 nitrogen and oxygen atoms in total. The molecule has 2 aliphatic heterocycles. The highest BCUT2D eigenvalue weighted by molar-refractivity contribution is 5.97. The van der Waals surface area contributed by atoms with E-state index in [9.17, 15) is 60.7 Å². The lowest BCUT2D eigenvalue weighted by Gasteiger charge is -2.65. The maximum atomic E-state index is 14.8. The van der Waals surface area contributed by atoms with Gasteiger partial charge in [0.15, 0.2) is 18.4 Å². The number of allylic oxidation sites excluding steroid dienone is 1. The van der Waals surface area contributed by atoms with Gasteiger partial charge in [0.1, 0.15) is 60.2 Å². The van der Waals surface area contributed by atoms with Crippen LogP contribution in [-0.2, 0) is 28.5 Å². The minimum absolute atomic E-state index is 0.0111. The Bertz CT molecular complexity index is 1620. The van der Waals surface area contributed by atoms with E-state index in [4.69, 9.17) is 18.9 Å². The summed E-state index contributed by atoms with van der Waals surface area (Å²) >= 11 is 0. The Balaban J connectivity index is 1.21. The normalized spacial score (nSPS) is 49.1. The van der Waals surface area contributed by atoms with E-state index in [1.807, 2.05) is 27.7 Å². The van der Waals surface area contributed by atoms with E-state index in [2.05, 4.69) is 13.0 Å². The minimum atomic E-state index is -2.02. The monoisotopic (exact) mass is 826 g/mol. The third-order valence-corrected chi connectivity index (χ3v) is 15.6. The molecule has 4 aliphatic carbocycles. The van der Waals surface area contributed by atoms with Gasteiger partial charge < -0.3 is 70.0 Å². The summed E-state index contributed by atoms with van der Waals surface area (Å²) in [5.74, 6) is -2.08. The molecule has 330 valence electrons. The Morgan fingerprint density at radius 3 is 2.03 bits per heavy atom. The summed E-state index contributed by atoms with van der Waals surface area (Å²) in [6.45, 7) is 13.2. The van der Waals surface area contributed by atoms with Gasteiger partial charge in [-0.2, -0.15) is 0 Å². The standard InChI is InChI=1S/C42H66O16/c1-37(2,53)14-13-25(45)42(8,54)34-21(44)15-39(5)24-11-9-19-20(41(24,7)26(46)16-40(34,39)6)10-12-27(38(19,3)4)58-36-33(52)31(50)29(48)23(57-36)18-55-35-32(51)30(49)28(47)22(17-43)56-35/h9,13-14,20-24,27-36,43-44,47-54H,10-12,15-18H2,1-8H3/b14-13+/t20-,21-,22-,23-,24+,27+,28-,29-,30+,31+,32-,33-,34+,35-,36+,39+,40-,41+,42+/m1/s1. The molecule has 10 N–H and O–H groups in total. The van der Waals surface area contributed by atoms with Crippen LogP contribution in [0.3, 0.4) is 0 Å². The van der Waals surface area contributed by atoms with E-state index in [-0.39, 0.29) is 30.5 Å². The van der Waals surface area contributed by atoms with Gasteiger partial charge in [-0.15, -0.1) is 0 Å². The predicted molar refractivity (Wildman–Crippen MR) is 203 cm³/mol. The molecule has 0 aromatic carbocycles. The maximum absolute atomic E-state index is 14.8. The number of hydrogen-bond acceptors (Lipinski definition) is 16. The van der Waals surface area contributed by atoms with Gasteiger partial charge in [0.05, 0.1) is 31.0 Å². The van der Waals surface area contributed by atoms with Crippen molar-refractivity contribution in [1.29, 1.82) is 0 Å². The maximum Gasteiger partial charge on any atom is 0.187 e. The van der Waals surface area contributed by atoms with Gasteiger partial charge >= 0.3 is 0 Å². The van der Waals surface area contributed by atoms with E-state index >= 15 is 0 Å². The summed E-state index contributed by atoms with van der Waals surface area (Å²) in [5, 5.41) is 107. The van der Waals surface area contributed by atoms with Crippen molar-refractivity contribution in [2.75, 3.05) is 13.2 Å². The van der Waals surface area contributed by atoms with Crippen molar-refractivity contribution in [3.8, 4) is 0 Å². The van der Waals surface area contributed by atoms with Crippen molar-refractivity contribution in [3.05, 3.63) is 23.8 Å². The smallest absolute Gasteiger partial charge is 0.187 e. The molecule has 0 aromatic rings. The summed E-state index contributed by atoms with van der Waals surface area (Å²) < 4.78 is 23.4. The van der Waals surface area contributed by atoms with Gasteiger partial charge in [0.25, 0.3) is 0 Å². The molecule has 19 atom stereocenters. The molecule has 2 heterocycles. The first-order valence-electron chi connectivity index (χ1n) is 20.6. The van der Waals surface area contributed by atoms with Gasteiger partial charge in [-0.25, -0.2) is 0 Å². The van der Waals surface area contributed by atoms with Gasteiger partial charge in [0.2, 0.25) is 0 Å². The van der Waals surface area contributed by atoms with Crippen LogP contribution in [0.5, 0.6) is 0 Å². The zero-order valence-electron chi connectivity index (χ0n) is 34.8. The summed E-state index contributed by atoms with van der Waals surface area (Å²) in [6, 6.07) is 0. The van der Waals surface area contributed by atoms with E-state index in [1.54, 1.807) is 0 Å². The van der Waals surface area contributed by atoms with Crippen LogP contribution in [0.15, 0.2) is 23.8 Å². The molecule has 2 saturated heterocycles. The highest BCUT2D eigenvalue weighted by Gasteiger charge is 2.74. The largest absolute Gasteiger partial charge is 0.394 e. The van der Waals surface area contributed by atoms with Crippen LogP contribution in [0, 0.1) is 39.4 Å². The Kier molecular flexibility index (Phi) is 12.3. The highest BCUT2D eigenvalue weighted by Crippen LogP contribution is 2.74. The highest BCUT2D eigenvalue weighted by atomic mass is 16.7. The summed E-state index contributed by atoms with van der Waals surface area (Å²) in [7, 11) is 0. The molecular formula is C42H66O16. The van der Waals surface area contributed by atoms with Gasteiger partial charge in [-0.1, -0.05) is 52.3 Å². The molecule has 0 spiro atoms. The second kappa shape index (κ2) is 15.6. The Labute approximate surface area is 339 Å². The molecular weight excluding hydrogens is 760 g/mol. The number of ketones is 2. The molecule has 6 rings (SSSR count). The van der Waals surface area contributed by atoms with Crippen LogP contribution < -0.4 is 0 Å². The summed E-state index contributed by atoms with van der Waals surface area (Å²) in [4.78, 5) is 28.3. The van der Waals surface area contributed by atoms with E-state index < -0.39 is 131 Å². The van der Waals surface area contributed by atoms with Crippen LogP contribution in [0.4, 0.5) is 0 Å². The fraction of sp³-hybridized carbons (Fsp3) is 0.857. The number of Topliss-reactive ketones (excluding diaryl/α,β-unsaturated/α-hetero) is 1.